The van der Waals surface area contributed by atoms with E-state index in [2.05, 4.69) is 15.4 Å². The van der Waals surface area contributed by atoms with Crippen LogP contribution in [0.3, 0.4) is 0 Å². The van der Waals surface area contributed by atoms with Crippen molar-refractivity contribution in [3.05, 3.63) is 17.5 Å². The van der Waals surface area contributed by atoms with Gasteiger partial charge in [0.15, 0.2) is 0 Å². The number of nitrogens with one attached hydrogen (secondary N) is 1. The van der Waals surface area contributed by atoms with Crippen molar-refractivity contribution in [3.8, 4) is 0 Å². The summed E-state index contributed by atoms with van der Waals surface area (Å²) in [5, 5.41) is 7.36. The Morgan fingerprint density at radius 2 is 2.53 bits per heavy atom. The van der Waals surface area contributed by atoms with Crippen molar-refractivity contribution >= 4 is 0 Å². The Bertz CT molecular complexity index is 311. The van der Waals surface area contributed by atoms with Crippen molar-refractivity contribution in [2.24, 2.45) is 0 Å². The van der Waals surface area contributed by atoms with Crippen LogP contribution in [-0.2, 0) is 6.54 Å². The average Bonchev–Trinajstić information content (AvgIpc) is 2.64. The van der Waals surface area contributed by atoms with E-state index in [1.807, 2.05) is 20.0 Å². The Morgan fingerprint density at radius 3 is 3.20 bits per heavy atom. The van der Waals surface area contributed by atoms with E-state index >= 15 is 0 Å². The number of likely N-dealkylation sites (tertiary alicyclic amines) is 1. The van der Waals surface area contributed by atoms with Gasteiger partial charge in [0.2, 0.25) is 0 Å². The van der Waals surface area contributed by atoms with Gasteiger partial charge in [0.25, 0.3) is 0 Å². The van der Waals surface area contributed by atoms with Gasteiger partial charge in [-0.15, -0.1) is 0 Å². The molecule has 2 rings (SSSR count). The molecule has 0 aliphatic carbocycles. The highest BCUT2D eigenvalue weighted by atomic mass is 16.5. The van der Waals surface area contributed by atoms with Gasteiger partial charge in [0, 0.05) is 25.2 Å². The van der Waals surface area contributed by atoms with Gasteiger partial charge >= 0.3 is 0 Å². The second-order valence-corrected chi connectivity index (χ2v) is 4.29. The van der Waals surface area contributed by atoms with Crippen LogP contribution < -0.4 is 5.32 Å². The van der Waals surface area contributed by atoms with Crippen molar-refractivity contribution in [3.63, 3.8) is 0 Å². The molecule has 0 radical (unpaired) electrons. The first-order valence-electron chi connectivity index (χ1n) is 5.60. The molecule has 1 saturated heterocycles. The number of piperidine rings is 1. The molecule has 1 N–H and O–H groups in total. The summed E-state index contributed by atoms with van der Waals surface area (Å²) in [6.07, 6.45) is 2.55. The lowest BCUT2D eigenvalue weighted by Crippen LogP contribution is -2.43. The normalized spacial score (nSPS) is 23.2. The minimum atomic E-state index is 0.631. The summed E-state index contributed by atoms with van der Waals surface area (Å²) in [4.78, 5) is 2.43. The first-order chi connectivity index (χ1) is 7.28. The Morgan fingerprint density at radius 1 is 1.67 bits per heavy atom. The van der Waals surface area contributed by atoms with Crippen LogP contribution in [0.1, 0.15) is 24.3 Å². The molecular weight excluding hydrogens is 190 g/mol. The fraction of sp³-hybridized carbons (Fsp3) is 0.727. The number of rotatable bonds is 3. The summed E-state index contributed by atoms with van der Waals surface area (Å²) in [7, 11) is 2.04. The molecular formula is C11H19N3O. The molecule has 2 heterocycles. The van der Waals surface area contributed by atoms with Crippen LogP contribution in [-0.4, -0.2) is 36.2 Å². The number of nitrogens with zero attached hydrogens (tertiary/aromatic N) is 2. The molecule has 4 nitrogen and oxygen atoms in total. The van der Waals surface area contributed by atoms with Crippen LogP contribution in [0, 0.1) is 6.92 Å². The van der Waals surface area contributed by atoms with Crippen molar-refractivity contribution in [2.75, 3.05) is 20.1 Å². The maximum Gasteiger partial charge on any atom is 0.133 e. The second kappa shape index (κ2) is 4.77. The van der Waals surface area contributed by atoms with Crippen molar-refractivity contribution in [1.29, 1.82) is 0 Å². The molecule has 1 aromatic rings. The zero-order valence-corrected chi connectivity index (χ0v) is 9.49. The molecule has 1 atom stereocenters. The highest BCUT2D eigenvalue weighted by Gasteiger charge is 2.19. The van der Waals surface area contributed by atoms with E-state index < -0.39 is 0 Å². The van der Waals surface area contributed by atoms with E-state index in [4.69, 9.17) is 4.52 Å². The number of hydrogen-bond donors (Lipinski definition) is 1. The highest BCUT2D eigenvalue weighted by molar-refractivity contribution is 5.03. The summed E-state index contributed by atoms with van der Waals surface area (Å²) in [6.45, 7) is 5.13. The second-order valence-electron chi connectivity index (χ2n) is 4.29. The topological polar surface area (TPSA) is 41.3 Å². The maximum atomic E-state index is 5.07. The fourth-order valence-electron chi connectivity index (χ4n) is 2.16. The Kier molecular flexibility index (Phi) is 3.38. The number of likely N-dealkylation sites (N-methyl/N-ethyl adjacent to an activating group) is 1. The predicted octanol–water partition coefficient (Wildman–Crippen LogP) is 1.17. The van der Waals surface area contributed by atoms with E-state index in [0.29, 0.717) is 6.04 Å². The molecule has 1 aromatic heterocycles. The van der Waals surface area contributed by atoms with Crippen LogP contribution in [0.15, 0.2) is 10.6 Å². The quantitative estimate of drug-likeness (QED) is 0.811. The Labute approximate surface area is 90.6 Å². The van der Waals surface area contributed by atoms with Gasteiger partial charge in [-0.2, -0.15) is 0 Å². The monoisotopic (exact) mass is 209 g/mol. The first-order valence-corrected chi connectivity index (χ1v) is 5.60. The molecule has 0 spiro atoms. The average molecular weight is 209 g/mol. The van der Waals surface area contributed by atoms with E-state index in [1.165, 1.54) is 19.4 Å². The maximum absolute atomic E-state index is 5.07. The smallest absolute Gasteiger partial charge is 0.133 e. The van der Waals surface area contributed by atoms with Gasteiger partial charge in [0.05, 0.1) is 5.69 Å². The molecule has 4 heteroatoms. The summed E-state index contributed by atoms with van der Waals surface area (Å²) >= 11 is 0. The van der Waals surface area contributed by atoms with Gasteiger partial charge < -0.3 is 9.84 Å². The predicted molar refractivity (Wildman–Crippen MR) is 58.6 cm³/mol. The van der Waals surface area contributed by atoms with Gasteiger partial charge in [-0.25, -0.2) is 0 Å². The standard InChI is InChI=1S/C11H19N3O/c1-9-6-11(13-15-9)8-14-5-3-4-10(7-14)12-2/h6,10,12H,3-5,7-8H2,1-2H3. The minimum absolute atomic E-state index is 0.631. The van der Waals surface area contributed by atoms with Crippen LogP contribution in [0.4, 0.5) is 0 Å². The van der Waals surface area contributed by atoms with Crippen molar-refractivity contribution < 1.29 is 4.52 Å². The molecule has 84 valence electrons. The Hall–Kier alpha value is -0.870. The molecule has 0 bridgehead atoms. The Balaban J connectivity index is 1.88. The highest BCUT2D eigenvalue weighted by Crippen LogP contribution is 2.13. The molecule has 0 saturated carbocycles. The third kappa shape index (κ3) is 2.79. The van der Waals surface area contributed by atoms with Crippen molar-refractivity contribution in [2.45, 2.75) is 32.4 Å². The molecule has 15 heavy (non-hydrogen) atoms. The number of hydrogen-bond acceptors (Lipinski definition) is 4. The van der Waals surface area contributed by atoms with Gasteiger partial charge in [-0.3, -0.25) is 4.90 Å². The molecule has 0 aromatic carbocycles. The molecule has 1 unspecified atom stereocenters. The number of aryl methyl sites for hydroxylation is 1. The third-order valence-corrected chi connectivity index (χ3v) is 2.98. The van der Waals surface area contributed by atoms with Gasteiger partial charge in [0.1, 0.15) is 5.76 Å². The minimum Gasteiger partial charge on any atom is -0.361 e. The molecule has 0 amide bonds. The van der Waals surface area contributed by atoms with Crippen molar-refractivity contribution in [1.82, 2.24) is 15.4 Å². The largest absolute Gasteiger partial charge is 0.361 e. The van der Waals surface area contributed by atoms with Crippen LogP contribution in [0.25, 0.3) is 0 Å². The summed E-state index contributed by atoms with van der Waals surface area (Å²) < 4.78 is 5.07. The fourth-order valence-corrected chi connectivity index (χ4v) is 2.16. The summed E-state index contributed by atoms with van der Waals surface area (Å²) in [5.41, 5.74) is 1.05. The van der Waals surface area contributed by atoms with E-state index in [0.717, 1.165) is 24.5 Å². The summed E-state index contributed by atoms with van der Waals surface area (Å²) in [5.74, 6) is 0.896. The summed E-state index contributed by atoms with van der Waals surface area (Å²) in [6, 6.07) is 2.65. The van der Waals surface area contributed by atoms with E-state index in [9.17, 15) is 0 Å². The lowest BCUT2D eigenvalue weighted by atomic mass is 10.1. The molecule has 1 aliphatic rings. The zero-order chi connectivity index (χ0) is 10.7. The van der Waals surface area contributed by atoms with E-state index in [1.54, 1.807) is 0 Å². The van der Waals surface area contributed by atoms with Gasteiger partial charge in [-0.05, 0) is 33.4 Å². The SMILES string of the molecule is CNC1CCCN(Cc2cc(C)on2)C1. The first kappa shape index (κ1) is 10.6. The van der Waals surface area contributed by atoms with Crippen LogP contribution >= 0.6 is 0 Å². The lowest BCUT2D eigenvalue weighted by Gasteiger charge is -2.31. The molecule has 1 fully saturated rings. The number of aromatic nitrogens is 1. The van der Waals surface area contributed by atoms with E-state index in [-0.39, 0.29) is 0 Å². The van der Waals surface area contributed by atoms with Crippen LogP contribution in [0.2, 0.25) is 0 Å². The van der Waals surface area contributed by atoms with Crippen LogP contribution in [0.5, 0.6) is 0 Å². The third-order valence-electron chi connectivity index (χ3n) is 2.98. The molecule has 1 aliphatic heterocycles. The lowest BCUT2D eigenvalue weighted by molar-refractivity contribution is 0.183. The zero-order valence-electron chi connectivity index (χ0n) is 9.49. The van der Waals surface area contributed by atoms with Gasteiger partial charge in [-0.1, -0.05) is 5.16 Å².